The van der Waals surface area contributed by atoms with E-state index in [9.17, 15) is 14.4 Å². The van der Waals surface area contributed by atoms with Crippen molar-refractivity contribution in [3.05, 3.63) is 29.8 Å². The second-order valence-corrected chi connectivity index (χ2v) is 4.89. The lowest BCUT2D eigenvalue weighted by molar-refractivity contribution is -0.143. The van der Waals surface area contributed by atoms with Gasteiger partial charge in [0, 0.05) is 18.5 Å². The van der Waals surface area contributed by atoms with Crippen LogP contribution in [0.4, 0.5) is 5.69 Å². The molecule has 1 heterocycles. The molecule has 1 aromatic rings. The Morgan fingerprint density at radius 2 is 2.00 bits per heavy atom. The first-order valence-corrected chi connectivity index (χ1v) is 6.57. The minimum absolute atomic E-state index is 0.143. The first-order valence-electron chi connectivity index (χ1n) is 6.57. The van der Waals surface area contributed by atoms with Gasteiger partial charge in [0.25, 0.3) is 0 Å². The minimum Gasteiger partial charge on any atom is -0.481 e. The van der Waals surface area contributed by atoms with Gasteiger partial charge in [-0.05, 0) is 18.1 Å². The lowest BCUT2D eigenvalue weighted by atomic mass is 10.1. The zero-order valence-corrected chi connectivity index (χ0v) is 11.2. The molecule has 0 unspecified atom stereocenters. The highest BCUT2D eigenvalue weighted by Gasteiger charge is 2.29. The van der Waals surface area contributed by atoms with Crippen molar-refractivity contribution in [2.45, 2.75) is 31.3 Å². The number of amides is 1. The molecule has 1 amide bonds. The van der Waals surface area contributed by atoms with E-state index in [2.05, 4.69) is 10.6 Å². The first kappa shape index (κ1) is 14.8. The van der Waals surface area contributed by atoms with E-state index in [1.807, 2.05) is 24.3 Å². The standard InChI is InChI=1S/C14H16N2O5/c17-12(18)6-5-10(14(20)21)16-13(19)11-7-8-3-1-2-4-9(8)15-11/h1-4,10-11,15H,5-7H2,(H,16,19)(H,17,18)(H,20,21)/t10-,11-/m0/s1. The van der Waals surface area contributed by atoms with Gasteiger partial charge in [0.15, 0.2) is 0 Å². The van der Waals surface area contributed by atoms with Crippen LogP contribution in [-0.2, 0) is 20.8 Å². The first-order chi connectivity index (χ1) is 9.97. The summed E-state index contributed by atoms with van der Waals surface area (Å²) in [5, 5.41) is 23.0. The Morgan fingerprint density at radius 3 is 2.62 bits per heavy atom. The lowest BCUT2D eigenvalue weighted by Crippen LogP contribution is -2.47. The molecule has 0 spiro atoms. The van der Waals surface area contributed by atoms with E-state index < -0.39 is 29.9 Å². The summed E-state index contributed by atoms with van der Waals surface area (Å²) in [6.45, 7) is 0. The quantitative estimate of drug-likeness (QED) is 0.605. The largest absolute Gasteiger partial charge is 0.481 e. The van der Waals surface area contributed by atoms with Crippen LogP contribution in [0, 0.1) is 0 Å². The number of carboxylic acid groups (broad SMARTS) is 2. The Kier molecular flexibility index (Phi) is 4.42. The Balaban J connectivity index is 1.94. The van der Waals surface area contributed by atoms with Gasteiger partial charge in [-0.1, -0.05) is 18.2 Å². The van der Waals surface area contributed by atoms with Crippen LogP contribution in [0.25, 0.3) is 0 Å². The predicted molar refractivity (Wildman–Crippen MR) is 74.0 cm³/mol. The molecule has 7 nitrogen and oxygen atoms in total. The fourth-order valence-electron chi connectivity index (χ4n) is 2.25. The number of nitrogens with one attached hydrogen (secondary N) is 2. The van der Waals surface area contributed by atoms with Gasteiger partial charge in [-0.25, -0.2) is 4.79 Å². The van der Waals surface area contributed by atoms with Gasteiger partial charge >= 0.3 is 11.9 Å². The van der Waals surface area contributed by atoms with Gasteiger partial charge in [-0.2, -0.15) is 0 Å². The number of carboxylic acids is 2. The summed E-state index contributed by atoms with van der Waals surface area (Å²) in [4.78, 5) is 33.6. The number of carbonyl (C=O) groups is 3. The van der Waals surface area contributed by atoms with Crippen molar-refractivity contribution in [3.63, 3.8) is 0 Å². The number of para-hydroxylation sites is 1. The number of benzene rings is 1. The number of fused-ring (bicyclic) bond motifs is 1. The van der Waals surface area contributed by atoms with Gasteiger partial charge in [-0.3, -0.25) is 9.59 Å². The summed E-state index contributed by atoms with van der Waals surface area (Å²) in [5.74, 6) is -2.77. The number of anilines is 1. The molecule has 1 aliphatic rings. The van der Waals surface area contributed by atoms with E-state index in [0.717, 1.165) is 11.3 Å². The molecule has 1 aromatic carbocycles. The Hall–Kier alpha value is -2.57. The fraction of sp³-hybridized carbons (Fsp3) is 0.357. The van der Waals surface area contributed by atoms with Crippen LogP contribution in [0.15, 0.2) is 24.3 Å². The predicted octanol–water partition coefficient (Wildman–Crippen LogP) is 0.457. The van der Waals surface area contributed by atoms with Gasteiger partial charge in [0.2, 0.25) is 5.91 Å². The van der Waals surface area contributed by atoms with Crippen molar-refractivity contribution in [3.8, 4) is 0 Å². The molecule has 4 N–H and O–H groups in total. The van der Waals surface area contributed by atoms with Crippen LogP contribution >= 0.6 is 0 Å². The highest BCUT2D eigenvalue weighted by Crippen LogP contribution is 2.25. The Bertz CT molecular complexity index is 547. The second-order valence-electron chi connectivity index (χ2n) is 4.89. The van der Waals surface area contributed by atoms with Gasteiger partial charge in [-0.15, -0.1) is 0 Å². The lowest BCUT2D eigenvalue weighted by Gasteiger charge is -2.17. The number of aliphatic carboxylic acids is 2. The molecule has 21 heavy (non-hydrogen) atoms. The van der Waals surface area contributed by atoms with Crippen LogP contribution in [0.2, 0.25) is 0 Å². The molecule has 2 atom stereocenters. The smallest absolute Gasteiger partial charge is 0.326 e. The summed E-state index contributed by atoms with van der Waals surface area (Å²) in [6, 6.07) is 5.73. The Labute approximate surface area is 121 Å². The molecule has 0 aromatic heterocycles. The summed E-state index contributed by atoms with van der Waals surface area (Å²) in [6.07, 6.45) is 0.0267. The molecule has 0 bridgehead atoms. The van der Waals surface area contributed by atoms with Gasteiger partial charge < -0.3 is 20.8 Å². The topological polar surface area (TPSA) is 116 Å². The molecule has 0 radical (unpaired) electrons. The van der Waals surface area contributed by atoms with Crippen molar-refractivity contribution in [1.29, 1.82) is 0 Å². The zero-order chi connectivity index (χ0) is 15.4. The van der Waals surface area contributed by atoms with Crippen molar-refractivity contribution < 1.29 is 24.6 Å². The van der Waals surface area contributed by atoms with Gasteiger partial charge in [0.1, 0.15) is 12.1 Å². The summed E-state index contributed by atoms with van der Waals surface area (Å²) in [5.41, 5.74) is 1.85. The van der Waals surface area contributed by atoms with Crippen LogP contribution in [0.3, 0.4) is 0 Å². The SMILES string of the molecule is O=C(O)CC[C@H](NC(=O)[C@@H]1Cc2ccccc2N1)C(=O)O. The van der Waals surface area contributed by atoms with Crippen LogP contribution in [0.1, 0.15) is 18.4 Å². The van der Waals surface area contributed by atoms with Crippen molar-refractivity contribution in [2.24, 2.45) is 0 Å². The number of carbonyl (C=O) groups excluding carboxylic acids is 1. The number of hydrogen-bond donors (Lipinski definition) is 4. The minimum atomic E-state index is -1.24. The Morgan fingerprint density at radius 1 is 1.29 bits per heavy atom. The maximum atomic E-state index is 12.1. The van der Waals surface area contributed by atoms with E-state index in [-0.39, 0.29) is 12.8 Å². The third kappa shape index (κ3) is 3.71. The highest BCUT2D eigenvalue weighted by atomic mass is 16.4. The van der Waals surface area contributed by atoms with Crippen LogP contribution in [0.5, 0.6) is 0 Å². The molecule has 2 rings (SSSR count). The van der Waals surface area contributed by atoms with E-state index in [1.54, 1.807) is 0 Å². The molecule has 0 fully saturated rings. The fourth-order valence-corrected chi connectivity index (χ4v) is 2.25. The number of hydrogen-bond acceptors (Lipinski definition) is 4. The van der Waals surface area contributed by atoms with Crippen molar-refractivity contribution in [1.82, 2.24) is 5.32 Å². The van der Waals surface area contributed by atoms with Crippen molar-refractivity contribution in [2.75, 3.05) is 5.32 Å². The normalized spacial score (nSPS) is 17.4. The molecule has 0 saturated heterocycles. The van der Waals surface area contributed by atoms with E-state index in [0.29, 0.717) is 6.42 Å². The molecular formula is C14H16N2O5. The number of rotatable bonds is 6. The zero-order valence-electron chi connectivity index (χ0n) is 11.2. The molecule has 1 aliphatic heterocycles. The molecule has 0 saturated carbocycles. The van der Waals surface area contributed by atoms with E-state index in [4.69, 9.17) is 10.2 Å². The maximum absolute atomic E-state index is 12.1. The molecule has 112 valence electrons. The van der Waals surface area contributed by atoms with Gasteiger partial charge in [0.05, 0.1) is 0 Å². The molecular weight excluding hydrogens is 276 g/mol. The second kappa shape index (κ2) is 6.25. The van der Waals surface area contributed by atoms with E-state index in [1.165, 1.54) is 0 Å². The van der Waals surface area contributed by atoms with Crippen LogP contribution in [-0.4, -0.2) is 40.1 Å². The summed E-state index contributed by atoms with van der Waals surface area (Å²) in [7, 11) is 0. The third-order valence-electron chi connectivity index (χ3n) is 3.35. The maximum Gasteiger partial charge on any atom is 0.326 e. The molecule has 0 aliphatic carbocycles. The monoisotopic (exact) mass is 292 g/mol. The van der Waals surface area contributed by atoms with Crippen LogP contribution < -0.4 is 10.6 Å². The third-order valence-corrected chi connectivity index (χ3v) is 3.35. The average Bonchev–Trinajstić information content (AvgIpc) is 2.86. The van der Waals surface area contributed by atoms with E-state index >= 15 is 0 Å². The summed E-state index contributed by atoms with van der Waals surface area (Å²) < 4.78 is 0. The molecule has 7 heteroatoms. The highest BCUT2D eigenvalue weighted by molar-refractivity contribution is 5.90. The van der Waals surface area contributed by atoms with Crippen molar-refractivity contribution >= 4 is 23.5 Å². The average molecular weight is 292 g/mol. The summed E-state index contributed by atoms with van der Waals surface area (Å²) >= 11 is 0.